The number of benzene rings is 1. The molecular weight excluding hydrogens is 324 g/mol. The average Bonchev–Trinajstić information content (AvgIpc) is 2.79. The molecule has 0 aliphatic rings. The molecule has 9 heteroatoms. The first kappa shape index (κ1) is 14.8. The van der Waals surface area contributed by atoms with Crippen molar-refractivity contribution in [1.29, 1.82) is 0 Å². The van der Waals surface area contributed by atoms with Crippen molar-refractivity contribution >= 4 is 44.3 Å². The minimum atomic E-state index is -3.89. The summed E-state index contributed by atoms with van der Waals surface area (Å²) >= 11 is 7.07. The molecule has 0 saturated heterocycles. The lowest BCUT2D eigenvalue weighted by molar-refractivity contribution is -0.384. The number of nitro benzene ring substituents is 1. The van der Waals surface area contributed by atoms with Crippen molar-refractivity contribution in [3.05, 3.63) is 49.7 Å². The molecule has 0 saturated carbocycles. The van der Waals surface area contributed by atoms with Crippen molar-refractivity contribution < 1.29 is 13.3 Å². The van der Waals surface area contributed by atoms with Gasteiger partial charge in [-0.1, -0.05) is 11.6 Å². The van der Waals surface area contributed by atoms with Crippen LogP contribution >= 0.6 is 22.9 Å². The molecule has 106 valence electrons. The number of anilines is 1. The molecule has 0 aliphatic carbocycles. The Morgan fingerprint density at radius 1 is 1.40 bits per heavy atom. The van der Waals surface area contributed by atoms with Crippen LogP contribution in [0.15, 0.2) is 33.9 Å². The van der Waals surface area contributed by atoms with E-state index in [0.717, 1.165) is 6.07 Å². The van der Waals surface area contributed by atoms with Gasteiger partial charge in [-0.05, 0) is 30.0 Å². The van der Waals surface area contributed by atoms with Gasteiger partial charge in [0.25, 0.3) is 15.7 Å². The molecule has 2 rings (SSSR count). The second kappa shape index (κ2) is 5.39. The van der Waals surface area contributed by atoms with Gasteiger partial charge in [0.15, 0.2) is 0 Å². The Balaban J connectivity index is 2.51. The van der Waals surface area contributed by atoms with Crippen LogP contribution in [0.25, 0.3) is 0 Å². The summed E-state index contributed by atoms with van der Waals surface area (Å²) in [5, 5.41) is 14.1. The third kappa shape index (κ3) is 2.92. The van der Waals surface area contributed by atoms with E-state index in [1.807, 2.05) is 0 Å². The number of hydrogen-bond donors (Lipinski definition) is 1. The van der Waals surface area contributed by atoms with Crippen molar-refractivity contribution in [2.45, 2.75) is 11.8 Å². The normalized spacial score (nSPS) is 11.3. The summed E-state index contributed by atoms with van der Waals surface area (Å²) in [6.45, 7) is 1.53. The summed E-state index contributed by atoms with van der Waals surface area (Å²) in [6, 6.07) is 3.83. The molecule has 0 bridgehead atoms. The van der Waals surface area contributed by atoms with E-state index in [-0.39, 0.29) is 9.92 Å². The fraction of sp³-hybridized carbons (Fsp3) is 0.0909. The van der Waals surface area contributed by atoms with E-state index >= 15 is 0 Å². The van der Waals surface area contributed by atoms with Gasteiger partial charge in [0, 0.05) is 11.4 Å². The molecule has 20 heavy (non-hydrogen) atoms. The van der Waals surface area contributed by atoms with Crippen LogP contribution in [-0.2, 0) is 10.0 Å². The maximum atomic E-state index is 12.2. The van der Waals surface area contributed by atoms with Gasteiger partial charge in [0.2, 0.25) is 0 Å². The highest BCUT2D eigenvalue weighted by Crippen LogP contribution is 2.31. The number of halogens is 1. The van der Waals surface area contributed by atoms with Crippen LogP contribution in [0, 0.1) is 17.0 Å². The molecule has 1 heterocycles. The van der Waals surface area contributed by atoms with Crippen molar-refractivity contribution in [3.63, 3.8) is 0 Å². The molecule has 0 atom stereocenters. The molecule has 0 fully saturated rings. The highest BCUT2D eigenvalue weighted by molar-refractivity contribution is 7.92. The van der Waals surface area contributed by atoms with Gasteiger partial charge < -0.3 is 0 Å². The molecule has 2 aromatic rings. The number of nitrogens with zero attached hydrogens (tertiary/aromatic N) is 1. The molecule has 1 aromatic heterocycles. The number of aryl methyl sites for hydroxylation is 1. The molecule has 6 nitrogen and oxygen atoms in total. The lowest BCUT2D eigenvalue weighted by Crippen LogP contribution is -2.14. The fourth-order valence-electron chi connectivity index (χ4n) is 1.60. The average molecular weight is 333 g/mol. The largest absolute Gasteiger partial charge is 0.289 e. The summed E-state index contributed by atoms with van der Waals surface area (Å²) in [5.41, 5.74) is 0.304. The van der Waals surface area contributed by atoms with Crippen LogP contribution in [0.3, 0.4) is 0 Å². The van der Waals surface area contributed by atoms with E-state index in [2.05, 4.69) is 4.72 Å². The molecule has 0 amide bonds. The third-order valence-corrected chi connectivity index (χ3v) is 5.01. The first-order valence-corrected chi connectivity index (χ1v) is 8.11. The number of sulfonamides is 1. The van der Waals surface area contributed by atoms with Gasteiger partial charge in [0.1, 0.15) is 5.02 Å². The van der Waals surface area contributed by atoms with Crippen molar-refractivity contribution in [1.82, 2.24) is 0 Å². The summed E-state index contributed by atoms with van der Waals surface area (Å²) in [5.74, 6) is 0. The number of thiophene rings is 1. The van der Waals surface area contributed by atoms with E-state index in [4.69, 9.17) is 11.6 Å². The Labute approximate surface area is 124 Å². The van der Waals surface area contributed by atoms with E-state index in [9.17, 15) is 18.5 Å². The maximum Gasteiger partial charge on any atom is 0.289 e. The lowest BCUT2D eigenvalue weighted by atomic mass is 10.2. The summed E-state index contributed by atoms with van der Waals surface area (Å²) < 4.78 is 26.8. The predicted octanol–water partition coefficient (Wildman–Crippen LogP) is 3.42. The molecule has 1 aromatic carbocycles. The molecule has 0 unspecified atom stereocenters. The topological polar surface area (TPSA) is 89.3 Å². The lowest BCUT2D eigenvalue weighted by Gasteiger charge is -2.09. The van der Waals surface area contributed by atoms with Gasteiger partial charge in [0.05, 0.1) is 15.5 Å². The maximum absolute atomic E-state index is 12.2. The standard InChI is InChI=1S/C11H9ClN2O4S2/c1-7-4-9(12)10(14(15)16)5-11(7)20(17,18)13-8-2-3-19-6-8/h2-6,13H,1H3. The molecule has 0 aliphatic heterocycles. The van der Waals surface area contributed by atoms with Crippen LogP contribution in [0.2, 0.25) is 5.02 Å². The van der Waals surface area contributed by atoms with E-state index in [0.29, 0.717) is 11.3 Å². The Kier molecular flexibility index (Phi) is 3.98. The molecule has 0 radical (unpaired) electrons. The summed E-state index contributed by atoms with van der Waals surface area (Å²) in [4.78, 5) is 9.95. The van der Waals surface area contributed by atoms with E-state index < -0.39 is 20.6 Å². The van der Waals surface area contributed by atoms with E-state index in [1.54, 1.807) is 16.8 Å². The molecule has 0 spiro atoms. The number of rotatable bonds is 4. The minimum absolute atomic E-state index is 0.0954. The van der Waals surface area contributed by atoms with Crippen LogP contribution in [0.1, 0.15) is 5.56 Å². The molecular formula is C11H9ClN2O4S2. The second-order valence-corrected chi connectivity index (χ2v) is 6.78. The van der Waals surface area contributed by atoms with Crippen molar-refractivity contribution in [2.24, 2.45) is 0 Å². The Hall–Kier alpha value is -1.64. The second-order valence-electron chi connectivity index (χ2n) is 3.94. The molecule has 1 N–H and O–H groups in total. The SMILES string of the molecule is Cc1cc(Cl)c([N+](=O)[O-])cc1S(=O)(=O)Nc1ccsc1. The van der Waals surface area contributed by atoms with Gasteiger partial charge in [-0.3, -0.25) is 14.8 Å². The van der Waals surface area contributed by atoms with Gasteiger partial charge in [-0.2, -0.15) is 11.3 Å². The van der Waals surface area contributed by atoms with E-state index in [1.165, 1.54) is 24.3 Å². The van der Waals surface area contributed by atoms with Gasteiger partial charge in [-0.25, -0.2) is 8.42 Å². The highest BCUT2D eigenvalue weighted by atomic mass is 35.5. The van der Waals surface area contributed by atoms with Crippen molar-refractivity contribution in [2.75, 3.05) is 4.72 Å². The number of nitro groups is 1. The minimum Gasteiger partial charge on any atom is -0.279 e. The zero-order chi connectivity index (χ0) is 14.9. The summed E-state index contributed by atoms with van der Waals surface area (Å²) in [6.07, 6.45) is 0. The van der Waals surface area contributed by atoms with Crippen LogP contribution < -0.4 is 4.72 Å². The third-order valence-electron chi connectivity index (χ3n) is 2.50. The first-order chi connectivity index (χ1) is 9.31. The first-order valence-electron chi connectivity index (χ1n) is 5.31. The number of nitrogens with one attached hydrogen (secondary N) is 1. The monoisotopic (exact) mass is 332 g/mol. The van der Waals surface area contributed by atoms with Gasteiger partial charge >= 0.3 is 0 Å². The number of hydrogen-bond acceptors (Lipinski definition) is 5. The van der Waals surface area contributed by atoms with Crippen LogP contribution in [0.5, 0.6) is 0 Å². The van der Waals surface area contributed by atoms with Crippen molar-refractivity contribution in [3.8, 4) is 0 Å². The Morgan fingerprint density at radius 2 is 2.10 bits per heavy atom. The smallest absolute Gasteiger partial charge is 0.279 e. The quantitative estimate of drug-likeness (QED) is 0.686. The Bertz CT molecular complexity index is 757. The zero-order valence-electron chi connectivity index (χ0n) is 10.2. The van der Waals surface area contributed by atoms with Crippen LogP contribution in [-0.4, -0.2) is 13.3 Å². The highest BCUT2D eigenvalue weighted by Gasteiger charge is 2.23. The predicted molar refractivity (Wildman–Crippen MR) is 78.0 cm³/mol. The Morgan fingerprint density at radius 3 is 2.65 bits per heavy atom. The summed E-state index contributed by atoms with van der Waals surface area (Å²) in [7, 11) is -3.89. The fourth-order valence-corrected chi connectivity index (χ4v) is 3.85. The van der Waals surface area contributed by atoms with Gasteiger partial charge in [-0.15, -0.1) is 0 Å². The zero-order valence-corrected chi connectivity index (χ0v) is 12.6. The van der Waals surface area contributed by atoms with Crippen LogP contribution in [0.4, 0.5) is 11.4 Å².